The molecule has 0 aromatic heterocycles. The third-order valence-corrected chi connectivity index (χ3v) is 4.42. The zero-order chi connectivity index (χ0) is 14.4. The fourth-order valence-electron chi connectivity index (χ4n) is 2.84. The summed E-state index contributed by atoms with van der Waals surface area (Å²) >= 11 is 0. The monoisotopic (exact) mass is 281 g/mol. The zero-order valence-corrected chi connectivity index (χ0v) is 12.8. The maximum Gasteiger partial charge on any atom is 0.246 e. The molecule has 2 saturated heterocycles. The molecular formula is C16H27NO3. The van der Waals surface area contributed by atoms with Crippen LogP contribution in [0.2, 0.25) is 0 Å². The Morgan fingerprint density at radius 1 is 1.45 bits per heavy atom. The third-order valence-electron chi connectivity index (χ3n) is 4.42. The third kappa shape index (κ3) is 4.32. The van der Waals surface area contributed by atoms with Crippen LogP contribution in [-0.2, 0) is 14.3 Å². The average molecular weight is 281 g/mol. The summed E-state index contributed by atoms with van der Waals surface area (Å²) in [6.45, 7) is 9.05. The van der Waals surface area contributed by atoms with Gasteiger partial charge in [-0.25, -0.2) is 0 Å². The van der Waals surface area contributed by atoms with Gasteiger partial charge in [0.2, 0.25) is 5.91 Å². The van der Waals surface area contributed by atoms with Crippen LogP contribution in [-0.4, -0.2) is 50.3 Å². The van der Waals surface area contributed by atoms with E-state index in [1.807, 2.05) is 11.8 Å². The first-order valence-corrected chi connectivity index (χ1v) is 7.76. The van der Waals surface area contributed by atoms with Crippen LogP contribution >= 0.6 is 0 Å². The molecule has 114 valence electrons. The quantitative estimate of drug-likeness (QED) is 0.726. The van der Waals surface area contributed by atoms with Crippen LogP contribution in [0.5, 0.6) is 0 Å². The van der Waals surface area contributed by atoms with Gasteiger partial charge in [-0.1, -0.05) is 13.0 Å². The lowest BCUT2D eigenvalue weighted by atomic mass is 9.82. The van der Waals surface area contributed by atoms with Gasteiger partial charge in [-0.2, -0.15) is 0 Å². The van der Waals surface area contributed by atoms with Gasteiger partial charge in [0.15, 0.2) is 0 Å². The SMILES string of the molecule is CCOCC1CCN(C(=O)C=CC2(C)CCOCC2)C1. The minimum absolute atomic E-state index is 0.123. The van der Waals surface area contributed by atoms with Crippen molar-refractivity contribution in [1.29, 1.82) is 0 Å². The highest BCUT2D eigenvalue weighted by atomic mass is 16.5. The molecule has 4 heteroatoms. The van der Waals surface area contributed by atoms with E-state index >= 15 is 0 Å². The molecule has 0 radical (unpaired) electrons. The zero-order valence-electron chi connectivity index (χ0n) is 12.8. The molecule has 0 saturated carbocycles. The molecule has 1 atom stereocenters. The molecule has 0 aromatic rings. The number of carbonyl (C=O) groups excluding carboxylic acids is 1. The summed E-state index contributed by atoms with van der Waals surface area (Å²) in [5, 5.41) is 0. The Kier molecular flexibility index (Phi) is 5.61. The van der Waals surface area contributed by atoms with Crippen LogP contribution in [0.4, 0.5) is 0 Å². The van der Waals surface area contributed by atoms with E-state index < -0.39 is 0 Å². The van der Waals surface area contributed by atoms with Gasteiger partial charge in [0, 0.05) is 38.8 Å². The van der Waals surface area contributed by atoms with E-state index in [1.165, 1.54) is 0 Å². The predicted molar refractivity (Wildman–Crippen MR) is 78.5 cm³/mol. The summed E-state index contributed by atoms with van der Waals surface area (Å²) in [6.07, 6.45) is 6.93. The Bertz CT molecular complexity index is 348. The summed E-state index contributed by atoms with van der Waals surface area (Å²) in [5.41, 5.74) is 0.123. The number of allylic oxidation sites excluding steroid dienone is 1. The molecule has 20 heavy (non-hydrogen) atoms. The number of carbonyl (C=O) groups is 1. The number of hydrogen-bond acceptors (Lipinski definition) is 3. The second kappa shape index (κ2) is 7.23. The molecule has 0 spiro atoms. The van der Waals surface area contributed by atoms with Crippen molar-refractivity contribution in [1.82, 2.24) is 4.90 Å². The highest BCUT2D eigenvalue weighted by molar-refractivity contribution is 5.87. The van der Waals surface area contributed by atoms with Crippen molar-refractivity contribution in [3.8, 4) is 0 Å². The highest BCUT2D eigenvalue weighted by Crippen LogP contribution is 2.31. The molecule has 0 N–H and O–H groups in total. The maximum atomic E-state index is 12.2. The van der Waals surface area contributed by atoms with Crippen LogP contribution in [0.3, 0.4) is 0 Å². The van der Waals surface area contributed by atoms with Crippen LogP contribution < -0.4 is 0 Å². The Labute approximate surface area is 122 Å². The van der Waals surface area contributed by atoms with E-state index in [9.17, 15) is 4.79 Å². The highest BCUT2D eigenvalue weighted by Gasteiger charge is 2.27. The van der Waals surface area contributed by atoms with Crippen LogP contribution in [0, 0.1) is 11.3 Å². The Hall–Kier alpha value is -0.870. The van der Waals surface area contributed by atoms with Gasteiger partial charge in [0.1, 0.15) is 0 Å². The number of rotatable bonds is 5. The fraction of sp³-hybridized carbons (Fsp3) is 0.812. The number of ether oxygens (including phenoxy) is 2. The molecule has 1 amide bonds. The predicted octanol–water partition coefficient (Wildman–Crippen LogP) is 2.24. The Balaban J connectivity index is 1.80. The summed E-state index contributed by atoms with van der Waals surface area (Å²) in [5.74, 6) is 0.655. The molecule has 4 nitrogen and oxygen atoms in total. The number of likely N-dealkylation sites (tertiary alicyclic amines) is 1. The van der Waals surface area contributed by atoms with Crippen molar-refractivity contribution in [2.45, 2.75) is 33.1 Å². The van der Waals surface area contributed by atoms with E-state index in [4.69, 9.17) is 9.47 Å². The fourth-order valence-corrected chi connectivity index (χ4v) is 2.84. The van der Waals surface area contributed by atoms with Crippen LogP contribution in [0.15, 0.2) is 12.2 Å². The first-order valence-electron chi connectivity index (χ1n) is 7.76. The molecule has 1 unspecified atom stereocenters. The smallest absolute Gasteiger partial charge is 0.246 e. The maximum absolute atomic E-state index is 12.2. The van der Waals surface area contributed by atoms with E-state index in [0.717, 1.165) is 58.8 Å². The summed E-state index contributed by atoms with van der Waals surface area (Å²) in [6, 6.07) is 0. The van der Waals surface area contributed by atoms with E-state index in [1.54, 1.807) is 6.08 Å². The van der Waals surface area contributed by atoms with Gasteiger partial charge in [0.05, 0.1) is 6.61 Å². The normalized spacial score (nSPS) is 26.3. The first kappa shape index (κ1) is 15.5. The van der Waals surface area contributed by atoms with Crippen molar-refractivity contribution in [2.24, 2.45) is 11.3 Å². The average Bonchev–Trinajstić information content (AvgIpc) is 2.92. The van der Waals surface area contributed by atoms with Crippen molar-refractivity contribution in [3.63, 3.8) is 0 Å². The minimum atomic E-state index is 0.123. The minimum Gasteiger partial charge on any atom is -0.381 e. The molecule has 2 heterocycles. The number of amides is 1. The number of hydrogen-bond donors (Lipinski definition) is 0. The van der Waals surface area contributed by atoms with Crippen molar-refractivity contribution < 1.29 is 14.3 Å². The van der Waals surface area contributed by atoms with Gasteiger partial charge < -0.3 is 14.4 Å². The lowest BCUT2D eigenvalue weighted by Crippen LogP contribution is -2.29. The summed E-state index contributed by atoms with van der Waals surface area (Å²) < 4.78 is 10.8. The molecule has 2 aliphatic heterocycles. The largest absolute Gasteiger partial charge is 0.381 e. The molecule has 2 aliphatic rings. The molecule has 0 aliphatic carbocycles. The Morgan fingerprint density at radius 3 is 2.90 bits per heavy atom. The van der Waals surface area contributed by atoms with Crippen LogP contribution in [0.1, 0.15) is 33.1 Å². The Morgan fingerprint density at radius 2 is 2.20 bits per heavy atom. The molecular weight excluding hydrogens is 254 g/mol. The number of nitrogens with zero attached hydrogens (tertiary/aromatic N) is 1. The second-order valence-corrected chi connectivity index (χ2v) is 6.20. The molecule has 2 fully saturated rings. The van der Waals surface area contributed by atoms with Gasteiger partial charge in [0.25, 0.3) is 0 Å². The lowest BCUT2D eigenvalue weighted by Gasteiger charge is -2.30. The van der Waals surface area contributed by atoms with Crippen molar-refractivity contribution >= 4 is 5.91 Å². The van der Waals surface area contributed by atoms with E-state index in [-0.39, 0.29) is 11.3 Å². The molecule has 0 bridgehead atoms. The molecule has 2 rings (SSSR count). The topological polar surface area (TPSA) is 38.8 Å². The van der Waals surface area contributed by atoms with Gasteiger partial charge in [-0.05, 0) is 37.7 Å². The van der Waals surface area contributed by atoms with Crippen LogP contribution in [0.25, 0.3) is 0 Å². The van der Waals surface area contributed by atoms with E-state index in [0.29, 0.717) is 5.92 Å². The van der Waals surface area contributed by atoms with Gasteiger partial charge >= 0.3 is 0 Å². The van der Waals surface area contributed by atoms with Gasteiger partial charge in [-0.3, -0.25) is 4.79 Å². The van der Waals surface area contributed by atoms with E-state index in [2.05, 4.69) is 13.0 Å². The van der Waals surface area contributed by atoms with Crippen molar-refractivity contribution in [2.75, 3.05) is 39.5 Å². The van der Waals surface area contributed by atoms with Crippen molar-refractivity contribution in [3.05, 3.63) is 12.2 Å². The first-order chi connectivity index (χ1) is 9.63. The summed E-state index contributed by atoms with van der Waals surface area (Å²) in [7, 11) is 0. The summed E-state index contributed by atoms with van der Waals surface area (Å²) in [4.78, 5) is 14.2. The lowest BCUT2D eigenvalue weighted by molar-refractivity contribution is -0.125. The second-order valence-electron chi connectivity index (χ2n) is 6.20. The molecule has 0 aromatic carbocycles. The standard InChI is InChI=1S/C16H27NO3/c1-3-19-13-14-5-9-17(12-14)15(18)4-6-16(2)7-10-20-11-8-16/h4,6,14H,3,5,7-13H2,1-2H3. The van der Waals surface area contributed by atoms with Gasteiger partial charge in [-0.15, -0.1) is 0 Å².